The molecule has 0 rings (SSSR count). The summed E-state index contributed by atoms with van der Waals surface area (Å²) >= 11 is 0. The molecule has 0 radical (unpaired) electrons. The third-order valence-electron chi connectivity index (χ3n) is 3.54. The van der Waals surface area contributed by atoms with Crippen LogP contribution < -0.4 is 0 Å². The van der Waals surface area contributed by atoms with Crippen LogP contribution in [0.1, 0.15) is 58.3 Å². The molecule has 0 aliphatic carbocycles. The highest BCUT2D eigenvalue weighted by Gasteiger charge is 2.15. The van der Waals surface area contributed by atoms with E-state index in [9.17, 15) is 0 Å². The van der Waals surface area contributed by atoms with Gasteiger partial charge in [-0.1, -0.05) is 65.0 Å². The Labute approximate surface area is 105 Å². The largest absolute Gasteiger partial charge is 0.310 e. The molecule has 2 heteroatoms. The molecule has 98 valence electrons. The fourth-order valence-electron chi connectivity index (χ4n) is 2.50. The minimum atomic E-state index is -0.487. The van der Waals surface area contributed by atoms with Gasteiger partial charge < -0.3 is 4.90 Å². The SMILES string of the molecule is CCCCCCCCCC(N(C)C)[SiH](C)C. The third kappa shape index (κ3) is 8.34. The predicted octanol–water partition coefficient (Wildman–Crippen LogP) is 4.08. The quantitative estimate of drug-likeness (QED) is 0.413. The van der Waals surface area contributed by atoms with Crippen LogP contribution in [0.25, 0.3) is 0 Å². The molecule has 1 atom stereocenters. The molecular weight excluding hydrogens is 210 g/mol. The lowest BCUT2D eigenvalue weighted by Crippen LogP contribution is -2.38. The number of hydrogen-bond donors (Lipinski definition) is 0. The van der Waals surface area contributed by atoms with Gasteiger partial charge in [-0.3, -0.25) is 0 Å². The fraction of sp³-hybridized carbons (Fsp3) is 1.00. The van der Waals surface area contributed by atoms with Gasteiger partial charge in [0.15, 0.2) is 0 Å². The van der Waals surface area contributed by atoms with Gasteiger partial charge in [0.2, 0.25) is 0 Å². The first-order valence-corrected chi connectivity index (χ1v) is 10.2. The van der Waals surface area contributed by atoms with E-state index in [2.05, 4.69) is 39.0 Å². The molecule has 0 spiro atoms. The molecule has 0 saturated carbocycles. The summed E-state index contributed by atoms with van der Waals surface area (Å²) in [4.78, 5) is 2.45. The summed E-state index contributed by atoms with van der Waals surface area (Å²) in [5, 5.41) is 0. The van der Waals surface area contributed by atoms with Crippen LogP contribution in [0.3, 0.4) is 0 Å². The molecule has 0 aliphatic rings. The van der Waals surface area contributed by atoms with Gasteiger partial charge in [-0.25, -0.2) is 0 Å². The molecule has 0 fully saturated rings. The maximum absolute atomic E-state index is 2.48. The average Bonchev–Trinajstić information content (AvgIpc) is 2.21. The Hall–Kier alpha value is 0.177. The molecule has 0 amide bonds. The maximum Gasteiger partial charge on any atom is 0.0508 e. The first-order chi connectivity index (χ1) is 7.59. The molecule has 0 N–H and O–H groups in total. The second-order valence-corrected chi connectivity index (χ2v) is 8.94. The number of unbranched alkanes of at least 4 members (excludes halogenated alkanes) is 6. The van der Waals surface area contributed by atoms with Gasteiger partial charge >= 0.3 is 0 Å². The monoisotopic (exact) mass is 243 g/mol. The average molecular weight is 244 g/mol. The van der Waals surface area contributed by atoms with Gasteiger partial charge in [-0.05, 0) is 26.2 Å². The topological polar surface area (TPSA) is 3.24 Å². The second kappa shape index (κ2) is 10.3. The normalized spacial score (nSPS) is 13.7. The molecule has 0 aromatic rings. The maximum atomic E-state index is 2.48. The molecule has 1 nitrogen and oxygen atoms in total. The van der Waals surface area contributed by atoms with E-state index in [-0.39, 0.29) is 0 Å². The smallest absolute Gasteiger partial charge is 0.0508 e. The van der Waals surface area contributed by atoms with E-state index >= 15 is 0 Å². The van der Waals surface area contributed by atoms with E-state index in [1.807, 2.05) is 0 Å². The Morgan fingerprint density at radius 3 is 1.81 bits per heavy atom. The summed E-state index contributed by atoms with van der Waals surface area (Å²) in [5.74, 6) is 0. The van der Waals surface area contributed by atoms with E-state index in [1.54, 1.807) is 0 Å². The number of nitrogens with zero attached hydrogens (tertiary/aromatic N) is 1. The van der Waals surface area contributed by atoms with Crippen molar-refractivity contribution in [1.82, 2.24) is 4.90 Å². The van der Waals surface area contributed by atoms with Crippen LogP contribution in [0, 0.1) is 0 Å². The second-order valence-electron chi connectivity index (χ2n) is 5.68. The van der Waals surface area contributed by atoms with Gasteiger partial charge in [0.05, 0.1) is 8.80 Å². The summed E-state index contributed by atoms with van der Waals surface area (Å²) < 4.78 is 0. The van der Waals surface area contributed by atoms with Gasteiger partial charge in [0.25, 0.3) is 0 Å². The van der Waals surface area contributed by atoms with Crippen molar-refractivity contribution in [2.75, 3.05) is 14.1 Å². The Bertz CT molecular complexity index is 138. The summed E-state index contributed by atoms with van der Waals surface area (Å²) in [6, 6.07) is 0. The van der Waals surface area contributed by atoms with Crippen LogP contribution in [0.5, 0.6) is 0 Å². The van der Waals surface area contributed by atoms with Gasteiger partial charge in [-0.15, -0.1) is 0 Å². The zero-order valence-corrected chi connectivity index (χ0v) is 13.4. The lowest BCUT2D eigenvalue weighted by molar-refractivity contribution is 0.343. The minimum absolute atomic E-state index is 0.487. The van der Waals surface area contributed by atoms with E-state index in [1.165, 1.54) is 51.4 Å². The van der Waals surface area contributed by atoms with Gasteiger partial charge in [0, 0.05) is 0 Å². The van der Waals surface area contributed by atoms with E-state index in [0.29, 0.717) is 0 Å². The highest BCUT2D eigenvalue weighted by Crippen LogP contribution is 2.13. The molecule has 0 aromatic carbocycles. The Balaban J connectivity index is 3.41. The predicted molar refractivity (Wildman–Crippen MR) is 79.0 cm³/mol. The third-order valence-corrected chi connectivity index (χ3v) is 6.00. The van der Waals surface area contributed by atoms with Crippen molar-refractivity contribution >= 4 is 8.80 Å². The van der Waals surface area contributed by atoms with Crippen molar-refractivity contribution in [3.05, 3.63) is 0 Å². The summed E-state index contributed by atoms with van der Waals surface area (Å²) in [6.07, 6.45) is 11.5. The first-order valence-electron chi connectivity index (χ1n) is 7.26. The van der Waals surface area contributed by atoms with Crippen LogP contribution in [0.15, 0.2) is 0 Å². The lowest BCUT2D eigenvalue weighted by atomic mass is 10.1. The van der Waals surface area contributed by atoms with E-state index < -0.39 is 8.80 Å². The Kier molecular flexibility index (Phi) is 10.5. The van der Waals surface area contributed by atoms with Crippen LogP contribution in [-0.2, 0) is 0 Å². The lowest BCUT2D eigenvalue weighted by Gasteiger charge is -2.27. The number of rotatable bonds is 10. The van der Waals surface area contributed by atoms with Gasteiger partial charge in [-0.2, -0.15) is 0 Å². The molecule has 0 bridgehead atoms. The van der Waals surface area contributed by atoms with Crippen molar-refractivity contribution in [2.24, 2.45) is 0 Å². The Morgan fingerprint density at radius 1 is 0.875 bits per heavy atom. The van der Waals surface area contributed by atoms with Crippen molar-refractivity contribution < 1.29 is 0 Å². The molecular formula is C14H33NSi. The van der Waals surface area contributed by atoms with Crippen LogP contribution in [-0.4, -0.2) is 33.5 Å². The molecule has 1 unspecified atom stereocenters. The van der Waals surface area contributed by atoms with Crippen molar-refractivity contribution in [3.8, 4) is 0 Å². The van der Waals surface area contributed by atoms with Crippen molar-refractivity contribution in [1.29, 1.82) is 0 Å². The minimum Gasteiger partial charge on any atom is -0.310 e. The van der Waals surface area contributed by atoms with Crippen molar-refractivity contribution in [3.63, 3.8) is 0 Å². The molecule has 0 aromatic heterocycles. The summed E-state index contributed by atoms with van der Waals surface area (Å²) in [5.41, 5.74) is 0.913. The number of hydrogen-bond acceptors (Lipinski definition) is 1. The zero-order valence-electron chi connectivity index (χ0n) is 12.3. The summed E-state index contributed by atoms with van der Waals surface area (Å²) in [6.45, 7) is 7.24. The highest BCUT2D eigenvalue weighted by atomic mass is 28.3. The zero-order chi connectivity index (χ0) is 12.4. The van der Waals surface area contributed by atoms with Gasteiger partial charge in [0.1, 0.15) is 0 Å². The highest BCUT2D eigenvalue weighted by molar-refractivity contribution is 6.57. The van der Waals surface area contributed by atoms with Crippen LogP contribution in [0.2, 0.25) is 13.1 Å². The molecule has 16 heavy (non-hydrogen) atoms. The first kappa shape index (κ1) is 16.2. The Morgan fingerprint density at radius 2 is 1.38 bits per heavy atom. The molecule has 0 heterocycles. The van der Waals surface area contributed by atoms with E-state index in [4.69, 9.17) is 0 Å². The standard InChI is InChI=1S/C14H33NSi/c1-6-7-8-9-10-11-12-13-14(15(2)3)16(4)5/h14,16H,6-13H2,1-5H3. The van der Waals surface area contributed by atoms with Crippen LogP contribution in [0.4, 0.5) is 0 Å². The molecule has 0 saturated heterocycles. The molecule has 0 aliphatic heterocycles. The van der Waals surface area contributed by atoms with E-state index in [0.717, 1.165) is 5.67 Å². The van der Waals surface area contributed by atoms with Crippen LogP contribution >= 0.6 is 0 Å². The fourth-order valence-corrected chi connectivity index (χ4v) is 4.59. The van der Waals surface area contributed by atoms with Crippen molar-refractivity contribution in [2.45, 2.75) is 77.0 Å². The summed E-state index contributed by atoms with van der Waals surface area (Å²) in [7, 11) is 4.01.